The Kier molecular flexibility index (Phi) is 11.8. The first-order chi connectivity index (χ1) is 15.1. The third-order valence-corrected chi connectivity index (χ3v) is 7.06. The van der Waals surface area contributed by atoms with Gasteiger partial charge in [-0.2, -0.15) is 0 Å². The molecule has 3 N–H and O–H groups in total. The van der Waals surface area contributed by atoms with Crippen molar-refractivity contribution in [1.29, 1.82) is 0 Å². The lowest BCUT2D eigenvalue weighted by atomic mass is 9.84. The van der Waals surface area contributed by atoms with Gasteiger partial charge in [0, 0.05) is 11.6 Å². The van der Waals surface area contributed by atoms with Crippen LogP contribution in [-0.2, 0) is 4.79 Å². The van der Waals surface area contributed by atoms with E-state index >= 15 is 0 Å². The van der Waals surface area contributed by atoms with Crippen LogP contribution in [0, 0.1) is 29.6 Å². The maximum atomic E-state index is 12.4. The van der Waals surface area contributed by atoms with E-state index in [1.54, 1.807) is 6.08 Å². The van der Waals surface area contributed by atoms with Crippen molar-refractivity contribution in [1.82, 2.24) is 5.32 Å². The number of rotatable bonds is 13. The number of carbonyl (C=O) groups is 1. The molecule has 0 aromatic heterocycles. The maximum absolute atomic E-state index is 12.4. The van der Waals surface area contributed by atoms with Crippen molar-refractivity contribution in [2.24, 2.45) is 35.3 Å². The minimum absolute atomic E-state index is 0.227. The molecule has 3 heteroatoms. The molecule has 0 aromatic carbocycles. The number of nitrogens with one attached hydrogen (secondary N) is 1. The molecule has 0 radical (unpaired) electrons. The Hall–Kier alpha value is -2.03. The Morgan fingerprint density at radius 3 is 2.16 bits per heavy atom. The van der Waals surface area contributed by atoms with Gasteiger partial charge in [0.05, 0.1) is 11.3 Å². The highest BCUT2D eigenvalue weighted by atomic mass is 16.1. The van der Waals surface area contributed by atoms with Gasteiger partial charge in [-0.25, -0.2) is 0 Å². The van der Waals surface area contributed by atoms with Crippen molar-refractivity contribution in [2.45, 2.75) is 86.6 Å². The zero-order valence-corrected chi connectivity index (χ0v) is 21.7. The van der Waals surface area contributed by atoms with E-state index in [0.29, 0.717) is 17.4 Å². The summed E-state index contributed by atoms with van der Waals surface area (Å²) in [5.41, 5.74) is 9.12. The second-order valence-corrected chi connectivity index (χ2v) is 10.0. The van der Waals surface area contributed by atoms with Gasteiger partial charge in [-0.1, -0.05) is 91.8 Å². The minimum Gasteiger partial charge on any atom is -0.381 e. The normalized spacial score (nSPS) is 23.8. The van der Waals surface area contributed by atoms with Crippen LogP contribution in [0.25, 0.3) is 0 Å². The van der Waals surface area contributed by atoms with Gasteiger partial charge >= 0.3 is 0 Å². The van der Waals surface area contributed by atoms with E-state index in [4.69, 9.17) is 5.73 Å². The molecule has 3 unspecified atom stereocenters. The first-order valence-electron chi connectivity index (χ1n) is 12.6. The minimum atomic E-state index is -0.459. The molecule has 0 saturated heterocycles. The van der Waals surface area contributed by atoms with Gasteiger partial charge < -0.3 is 11.1 Å². The second kappa shape index (κ2) is 13.5. The van der Waals surface area contributed by atoms with E-state index in [-0.39, 0.29) is 12.0 Å². The van der Waals surface area contributed by atoms with Crippen LogP contribution >= 0.6 is 0 Å². The number of amides is 1. The van der Waals surface area contributed by atoms with Crippen molar-refractivity contribution in [3.63, 3.8) is 0 Å². The summed E-state index contributed by atoms with van der Waals surface area (Å²) in [5, 5.41) is 3.74. The van der Waals surface area contributed by atoms with Crippen molar-refractivity contribution in [2.75, 3.05) is 0 Å². The highest BCUT2D eigenvalue weighted by Gasteiger charge is 2.38. The van der Waals surface area contributed by atoms with Gasteiger partial charge in [0.15, 0.2) is 0 Å². The first kappa shape index (κ1) is 28.0. The Morgan fingerprint density at radius 1 is 1.06 bits per heavy atom. The summed E-state index contributed by atoms with van der Waals surface area (Å²) in [6.07, 6.45) is 13.6. The highest BCUT2D eigenvalue weighted by Crippen LogP contribution is 2.44. The topological polar surface area (TPSA) is 55.1 Å². The van der Waals surface area contributed by atoms with Gasteiger partial charge in [-0.05, 0) is 61.3 Å². The SMILES string of the molecule is C=C\C(C(N)=O)=C(NC(C)C1CC(CCC)[C@@H](C(C)C)C1)/C(/C=C\CC)=C(\C=C)C(C)C. The smallest absolute Gasteiger partial charge is 0.250 e. The molecule has 0 heterocycles. The molecule has 1 amide bonds. The monoisotopic (exact) mass is 440 g/mol. The van der Waals surface area contributed by atoms with E-state index in [0.717, 1.165) is 35.1 Å². The fourth-order valence-corrected chi connectivity index (χ4v) is 5.32. The molecule has 3 nitrogen and oxygen atoms in total. The lowest BCUT2D eigenvalue weighted by Gasteiger charge is -2.27. The van der Waals surface area contributed by atoms with Gasteiger partial charge in [0.1, 0.15) is 0 Å². The zero-order valence-electron chi connectivity index (χ0n) is 21.7. The van der Waals surface area contributed by atoms with Crippen LogP contribution in [0.3, 0.4) is 0 Å². The Morgan fingerprint density at radius 2 is 1.72 bits per heavy atom. The zero-order chi connectivity index (χ0) is 24.4. The molecule has 32 heavy (non-hydrogen) atoms. The van der Waals surface area contributed by atoms with Crippen LogP contribution in [0.5, 0.6) is 0 Å². The lowest BCUT2D eigenvalue weighted by molar-refractivity contribution is -0.114. The third-order valence-electron chi connectivity index (χ3n) is 7.06. The fourth-order valence-electron chi connectivity index (χ4n) is 5.32. The van der Waals surface area contributed by atoms with E-state index in [1.807, 2.05) is 6.08 Å². The summed E-state index contributed by atoms with van der Waals surface area (Å²) in [6.45, 7) is 23.6. The van der Waals surface area contributed by atoms with Crippen LogP contribution in [0.2, 0.25) is 0 Å². The van der Waals surface area contributed by atoms with Crippen LogP contribution < -0.4 is 11.1 Å². The van der Waals surface area contributed by atoms with Crippen molar-refractivity contribution in [3.05, 3.63) is 59.9 Å². The molecule has 4 atom stereocenters. The van der Waals surface area contributed by atoms with E-state index in [2.05, 4.69) is 79.1 Å². The molecule has 1 rings (SSSR count). The van der Waals surface area contributed by atoms with E-state index < -0.39 is 5.91 Å². The molecule has 1 aliphatic rings. The summed E-state index contributed by atoms with van der Waals surface area (Å²) in [5.74, 6) is 2.62. The van der Waals surface area contributed by atoms with Crippen LogP contribution in [-0.4, -0.2) is 11.9 Å². The van der Waals surface area contributed by atoms with Gasteiger partial charge in [-0.15, -0.1) is 0 Å². The standard InChI is InChI=1S/C29H48N2O/c1-10-14-16-26(24(12-3)19(5)6)28(25(13-4)29(30)32)31-21(9)23-17-22(15-11-2)27(18-23)20(7)8/h12-14,16,19-23,27,31H,3-4,10-11,15,17-18H2,1-2,5-9H3,(H2,30,32)/b16-14-,26-24+,28-25-/t21?,22?,23?,27-/m1/s1. The van der Waals surface area contributed by atoms with Crippen LogP contribution in [0.15, 0.2) is 59.9 Å². The van der Waals surface area contributed by atoms with Gasteiger partial charge in [0.2, 0.25) is 0 Å². The average molecular weight is 441 g/mol. The molecule has 0 bridgehead atoms. The highest BCUT2D eigenvalue weighted by molar-refractivity contribution is 5.96. The number of hydrogen-bond donors (Lipinski definition) is 2. The fraction of sp³-hybridized carbons (Fsp3) is 0.621. The first-order valence-corrected chi connectivity index (χ1v) is 12.6. The Bertz CT molecular complexity index is 738. The number of allylic oxidation sites excluding steroid dienone is 4. The number of hydrogen-bond acceptors (Lipinski definition) is 2. The number of nitrogens with two attached hydrogens (primary N) is 1. The molecule has 0 aliphatic heterocycles. The predicted molar refractivity (Wildman–Crippen MR) is 140 cm³/mol. The summed E-state index contributed by atoms with van der Waals surface area (Å²) >= 11 is 0. The number of carbonyl (C=O) groups excluding carboxylic acids is 1. The quantitative estimate of drug-likeness (QED) is 0.237. The predicted octanol–water partition coefficient (Wildman–Crippen LogP) is 7.09. The maximum Gasteiger partial charge on any atom is 0.250 e. The van der Waals surface area contributed by atoms with Crippen molar-refractivity contribution in [3.8, 4) is 0 Å². The summed E-state index contributed by atoms with van der Waals surface area (Å²) in [4.78, 5) is 12.4. The summed E-state index contributed by atoms with van der Waals surface area (Å²) < 4.78 is 0. The molecule has 0 spiro atoms. The second-order valence-electron chi connectivity index (χ2n) is 10.0. The molecule has 1 aliphatic carbocycles. The lowest BCUT2D eigenvalue weighted by Crippen LogP contribution is -2.35. The Balaban J connectivity index is 3.46. The molecule has 180 valence electrons. The number of primary amides is 1. The van der Waals surface area contributed by atoms with Crippen LogP contribution in [0.4, 0.5) is 0 Å². The molecule has 1 fully saturated rings. The molecule has 1 saturated carbocycles. The van der Waals surface area contributed by atoms with Gasteiger partial charge in [0.25, 0.3) is 5.91 Å². The molecular formula is C29H48N2O. The van der Waals surface area contributed by atoms with E-state index in [9.17, 15) is 4.79 Å². The third kappa shape index (κ3) is 7.25. The summed E-state index contributed by atoms with van der Waals surface area (Å²) in [7, 11) is 0. The Labute approximate surface area is 198 Å². The van der Waals surface area contributed by atoms with Gasteiger partial charge in [-0.3, -0.25) is 4.79 Å². The molecular weight excluding hydrogens is 392 g/mol. The van der Waals surface area contributed by atoms with Crippen molar-refractivity contribution < 1.29 is 4.79 Å². The molecule has 0 aromatic rings. The van der Waals surface area contributed by atoms with Crippen molar-refractivity contribution >= 4 is 5.91 Å². The largest absolute Gasteiger partial charge is 0.381 e. The van der Waals surface area contributed by atoms with Crippen LogP contribution in [0.1, 0.15) is 80.6 Å². The summed E-state index contributed by atoms with van der Waals surface area (Å²) in [6, 6.07) is 0.227. The van der Waals surface area contributed by atoms with E-state index in [1.165, 1.54) is 25.7 Å². The average Bonchev–Trinajstić information content (AvgIpc) is 3.15.